The normalized spacial score (nSPS) is 10.7. The molecule has 0 aromatic carbocycles. The average molecular weight is 167 g/mol. The number of carbonyl (C=O) groups is 1. The molecule has 66 valence electrons. The van der Waals surface area contributed by atoms with Crippen LogP contribution in [0.25, 0.3) is 0 Å². The van der Waals surface area contributed by atoms with Crippen molar-refractivity contribution >= 4 is 5.78 Å². The molecule has 0 radical (unpaired) electrons. The molecule has 12 heavy (non-hydrogen) atoms. The summed E-state index contributed by atoms with van der Waals surface area (Å²) < 4.78 is 1.64. The van der Waals surface area contributed by atoms with Gasteiger partial charge in [0.15, 0.2) is 11.6 Å². The number of hydrogen-bond donors (Lipinski definition) is 0. The first-order chi connectivity index (χ1) is 5.66. The number of carbonyl (C=O) groups excluding carboxylic acids is 1. The van der Waals surface area contributed by atoms with E-state index in [1.54, 1.807) is 4.68 Å². The van der Waals surface area contributed by atoms with Gasteiger partial charge in [-0.25, -0.2) is 9.67 Å². The summed E-state index contributed by atoms with van der Waals surface area (Å²) in [5.74, 6) is 0.508. The highest BCUT2D eigenvalue weighted by molar-refractivity contribution is 5.92. The summed E-state index contributed by atoms with van der Waals surface area (Å²) in [6, 6.07) is 0.193. The fourth-order valence-electron chi connectivity index (χ4n) is 0.986. The highest BCUT2D eigenvalue weighted by Gasteiger charge is 2.13. The van der Waals surface area contributed by atoms with Gasteiger partial charge in [0.25, 0.3) is 0 Å². The number of nitrogens with zero attached hydrogens (tertiary/aromatic N) is 3. The molecule has 0 amide bonds. The van der Waals surface area contributed by atoms with E-state index in [1.807, 2.05) is 20.8 Å². The number of aromatic nitrogens is 3. The van der Waals surface area contributed by atoms with Gasteiger partial charge in [0, 0.05) is 12.5 Å². The van der Waals surface area contributed by atoms with E-state index in [4.69, 9.17) is 0 Å². The third-order valence-electron chi connectivity index (χ3n) is 1.63. The van der Waals surface area contributed by atoms with E-state index in [-0.39, 0.29) is 11.8 Å². The van der Waals surface area contributed by atoms with E-state index in [1.165, 1.54) is 6.33 Å². The lowest BCUT2D eigenvalue weighted by molar-refractivity contribution is 0.0971. The van der Waals surface area contributed by atoms with Crippen molar-refractivity contribution in [2.45, 2.75) is 33.2 Å². The van der Waals surface area contributed by atoms with Gasteiger partial charge in [0.1, 0.15) is 6.33 Å². The van der Waals surface area contributed by atoms with Crippen LogP contribution in [0.4, 0.5) is 0 Å². The van der Waals surface area contributed by atoms with Crippen LogP contribution >= 0.6 is 0 Å². The Labute approximate surface area is 71.6 Å². The topological polar surface area (TPSA) is 47.8 Å². The van der Waals surface area contributed by atoms with Crippen LogP contribution in [-0.4, -0.2) is 20.5 Å². The van der Waals surface area contributed by atoms with Crippen LogP contribution in [-0.2, 0) is 0 Å². The van der Waals surface area contributed by atoms with E-state index in [9.17, 15) is 4.79 Å². The van der Waals surface area contributed by atoms with Crippen LogP contribution in [0.1, 0.15) is 43.9 Å². The molecule has 0 aliphatic rings. The van der Waals surface area contributed by atoms with Gasteiger partial charge >= 0.3 is 0 Å². The molecule has 1 aromatic heterocycles. The second-order valence-corrected chi connectivity index (χ2v) is 2.90. The van der Waals surface area contributed by atoms with Gasteiger partial charge in [-0.1, -0.05) is 6.92 Å². The quantitative estimate of drug-likeness (QED) is 0.640. The number of ketones is 1. The predicted molar refractivity (Wildman–Crippen MR) is 45.0 cm³/mol. The summed E-state index contributed by atoms with van der Waals surface area (Å²) in [4.78, 5) is 15.2. The molecular weight excluding hydrogens is 154 g/mol. The second-order valence-electron chi connectivity index (χ2n) is 2.90. The number of hydrogen-bond acceptors (Lipinski definition) is 3. The molecule has 0 N–H and O–H groups in total. The van der Waals surface area contributed by atoms with Gasteiger partial charge in [0.2, 0.25) is 0 Å². The van der Waals surface area contributed by atoms with Gasteiger partial charge < -0.3 is 0 Å². The van der Waals surface area contributed by atoms with Gasteiger partial charge in [-0.3, -0.25) is 4.79 Å². The van der Waals surface area contributed by atoms with E-state index in [2.05, 4.69) is 10.1 Å². The lowest BCUT2D eigenvalue weighted by atomic mass is 10.3. The first-order valence-corrected chi connectivity index (χ1v) is 4.09. The van der Waals surface area contributed by atoms with Gasteiger partial charge in [0.05, 0.1) is 0 Å². The monoisotopic (exact) mass is 167 g/mol. The summed E-state index contributed by atoms with van der Waals surface area (Å²) in [5.41, 5.74) is 0. The van der Waals surface area contributed by atoms with Crippen molar-refractivity contribution in [3.8, 4) is 0 Å². The standard InChI is InChI=1S/C8H13N3O/c1-4-7(12)8-9-5-10-11(8)6(2)3/h5-6H,4H2,1-3H3. The van der Waals surface area contributed by atoms with Crippen molar-refractivity contribution < 1.29 is 4.79 Å². The van der Waals surface area contributed by atoms with Gasteiger partial charge in [-0.15, -0.1) is 0 Å². The molecule has 0 saturated carbocycles. The van der Waals surface area contributed by atoms with Crippen molar-refractivity contribution in [2.24, 2.45) is 0 Å². The minimum atomic E-state index is 0.0428. The first-order valence-electron chi connectivity index (χ1n) is 4.09. The van der Waals surface area contributed by atoms with E-state index in [0.29, 0.717) is 12.2 Å². The van der Waals surface area contributed by atoms with Crippen LogP contribution in [0.2, 0.25) is 0 Å². The molecule has 0 atom stereocenters. The SMILES string of the molecule is CCC(=O)c1ncnn1C(C)C. The molecule has 0 saturated heterocycles. The van der Waals surface area contributed by atoms with Gasteiger partial charge in [-0.05, 0) is 13.8 Å². The van der Waals surface area contributed by atoms with Crippen LogP contribution in [0, 0.1) is 0 Å². The highest BCUT2D eigenvalue weighted by atomic mass is 16.1. The molecular formula is C8H13N3O. The third kappa shape index (κ3) is 1.52. The maximum atomic E-state index is 11.3. The Bertz CT molecular complexity index is 278. The summed E-state index contributed by atoms with van der Waals surface area (Å²) in [6.07, 6.45) is 1.90. The second kappa shape index (κ2) is 3.47. The fourth-order valence-corrected chi connectivity index (χ4v) is 0.986. The molecule has 0 aliphatic heterocycles. The summed E-state index contributed by atoms with van der Waals surface area (Å²) in [5, 5.41) is 3.97. The summed E-state index contributed by atoms with van der Waals surface area (Å²) in [6.45, 7) is 5.77. The van der Waals surface area contributed by atoms with Crippen molar-refractivity contribution in [1.82, 2.24) is 14.8 Å². The molecule has 1 heterocycles. The molecule has 1 rings (SSSR count). The minimum Gasteiger partial charge on any atom is -0.291 e. The third-order valence-corrected chi connectivity index (χ3v) is 1.63. The minimum absolute atomic E-state index is 0.0428. The molecule has 0 unspecified atom stereocenters. The number of Topliss-reactive ketones (excluding diaryl/α,β-unsaturated/α-hetero) is 1. The summed E-state index contributed by atoms with van der Waals surface area (Å²) >= 11 is 0. The van der Waals surface area contributed by atoms with Crippen molar-refractivity contribution in [3.05, 3.63) is 12.2 Å². The summed E-state index contributed by atoms with van der Waals surface area (Å²) in [7, 11) is 0. The molecule has 4 heteroatoms. The number of rotatable bonds is 3. The van der Waals surface area contributed by atoms with Crippen LogP contribution < -0.4 is 0 Å². The van der Waals surface area contributed by atoms with E-state index in [0.717, 1.165) is 0 Å². The molecule has 0 aliphatic carbocycles. The Hall–Kier alpha value is -1.19. The smallest absolute Gasteiger partial charge is 0.199 e. The highest BCUT2D eigenvalue weighted by Crippen LogP contribution is 2.06. The lowest BCUT2D eigenvalue weighted by Gasteiger charge is -2.06. The van der Waals surface area contributed by atoms with Crippen molar-refractivity contribution in [1.29, 1.82) is 0 Å². The Kier molecular flexibility index (Phi) is 2.58. The predicted octanol–water partition coefficient (Wildman–Crippen LogP) is 1.45. The molecule has 0 spiro atoms. The van der Waals surface area contributed by atoms with E-state index < -0.39 is 0 Å². The zero-order chi connectivity index (χ0) is 9.14. The van der Waals surface area contributed by atoms with Crippen LogP contribution in [0.15, 0.2) is 6.33 Å². The zero-order valence-corrected chi connectivity index (χ0v) is 7.61. The van der Waals surface area contributed by atoms with Crippen molar-refractivity contribution in [3.63, 3.8) is 0 Å². The van der Waals surface area contributed by atoms with Crippen LogP contribution in [0.5, 0.6) is 0 Å². The average Bonchev–Trinajstić information content (AvgIpc) is 2.50. The molecule has 0 bridgehead atoms. The maximum absolute atomic E-state index is 11.3. The van der Waals surface area contributed by atoms with E-state index >= 15 is 0 Å². The fraction of sp³-hybridized carbons (Fsp3) is 0.625. The largest absolute Gasteiger partial charge is 0.291 e. The van der Waals surface area contributed by atoms with Gasteiger partial charge in [-0.2, -0.15) is 5.10 Å². The Morgan fingerprint density at radius 2 is 2.33 bits per heavy atom. The Morgan fingerprint density at radius 1 is 1.67 bits per heavy atom. The van der Waals surface area contributed by atoms with Crippen molar-refractivity contribution in [2.75, 3.05) is 0 Å². The molecule has 1 aromatic rings. The first kappa shape index (κ1) is 8.90. The zero-order valence-electron chi connectivity index (χ0n) is 7.61. The lowest BCUT2D eigenvalue weighted by Crippen LogP contribution is -2.12. The molecule has 4 nitrogen and oxygen atoms in total. The molecule has 0 fully saturated rings. The maximum Gasteiger partial charge on any atom is 0.199 e. The Balaban J connectivity index is 2.99. The Morgan fingerprint density at radius 3 is 2.83 bits per heavy atom. The van der Waals surface area contributed by atoms with Crippen LogP contribution in [0.3, 0.4) is 0 Å².